The lowest BCUT2D eigenvalue weighted by atomic mass is 10.1. The quantitative estimate of drug-likeness (QED) is 0.655. The molecule has 8 heteroatoms. The number of ether oxygens (including phenoxy) is 1. The van der Waals surface area contributed by atoms with Gasteiger partial charge in [0.1, 0.15) is 35.4 Å². The summed E-state index contributed by atoms with van der Waals surface area (Å²) in [6.07, 6.45) is -0.995. The molecule has 0 spiro atoms. The Morgan fingerprint density at radius 2 is 2.11 bits per heavy atom. The van der Waals surface area contributed by atoms with Crippen LogP contribution in [0.2, 0.25) is 5.15 Å². The van der Waals surface area contributed by atoms with Crippen molar-refractivity contribution in [2.75, 3.05) is 6.61 Å². The number of aliphatic hydroxyl groups excluding tert-OH is 3. The minimum absolute atomic E-state index is 0.301. The first-order valence-electron chi connectivity index (χ1n) is 5.73. The highest BCUT2D eigenvalue weighted by Gasteiger charge is 2.43. The first kappa shape index (κ1) is 12.8. The summed E-state index contributed by atoms with van der Waals surface area (Å²) in [5.74, 6) is 0. The van der Waals surface area contributed by atoms with Crippen molar-refractivity contribution in [3.05, 3.63) is 23.7 Å². The lowest BCUT2D eigenvalue weighted by Gasteiger charge is -2.17. The SMILES string of the molecule is OCC1OC(n2ccc3c(Cl)ncnc32)[C@H](O)[C@@H]1O. The van der Waals surface area contributed by atoms with Gasteiger partial charge in [0, 0.05) is 6.20 Å². The van der Waals surface area contributed by atoms with E-state index in [0.29, 0.717) is 16.2 Å². The van der Waals surface area contributed by atoms with Gasteiger partial charge in [-0.1, -0.05) is 11.6 Å². The maximum Gasteiger partial charge on any atom is 0.164 e. The summed E-state index contributed by atoms with van der Waals surface area (Å²) in [4.78, 5) is 7.95. The van der Waals surface area contributed by atoms with Gasteiger partial charge in [-0.05, 0) is 6.07 Å². The number of aromatic nitrogens is 3. The van der Waals surface area contributed by atoms with Gasteiger partial charge in [0.15, 0.2) is 6.23 Å². The van der Waals surface area contributed by atoms with Crippen molar-refractivity contribution in [2.24, 2.45) is 0 Å². The normalized spacial score (nSPS) is 31.2. The number of fused-ring (bicyclic) bond motifs is 1. The molecule has 0 bridgehead atoms. The van der Waals surface area contributed by atoms with E-state index in [1.54, 1.807) is 16.8 Å². The van der Waals surface area contributed by atoms with Crippen LogP contribution >= 0.6 is 11.6 Å². The van der Waals surface area contributed by atoms with Crippen molar-refractivity contribution >= 4 is 22.6 Å². The summed E-state index contributed by atoms with van der Waals surface area (Å²) >= 11 is 5.94. The van der Waals surface area contributed by atoms with Crippen LogP contribution < -0.4 is 0 Å². The van der Waals surface area contributed by atoms with Crippen LogP contribution in [-0.4, -0.2) is 54.8 Å². The van der Waals surface area contributed by atoms with E-state index in [0.717, 1.165) is 0 Å². The average Bonchev–Trinajstić information content (AvgIpc) is 2.94. The second-order valence-corrected chi connectivity index (χ2v) is 4.71. The van der Waals surface area contributed by atoms with Crippen LogP contribution in [-0.2, 0) is 4.74 Å². The van der Waals surface area contributed by atoms with E-state index in [1.807, 2.05) is 0 Å². The molecule has 4 atom stereocenters. The van der Waals surface area contributed by atoms with Gasteiger partial charge >= 0.3 is 0 Å². The Labute approximate surface area is 113 Å². The fraction of sp³-hybridized carbons (Fsp3) is 0.455. The molecule has 2 unspecified atom stereocenters. The highest BCUT2D eigenvalue weighted by Crippen LogP contribution is 2.32. The molecule has 2 aromatic heterocycles. The maximum absolute atomic E-state index is 9.98. The molecule has 2 aromatic rings. The molecule has 1 aliphatic heterocycles. The van der Waals surface area contributed by atoms with Gasteiger partial charge in [-0.2, -0.15) is 0 Å². The zero-order chi connectivity index (χ0) is 13.6. The molecule has 19 heavy (non-hydrogen) atoms. The van der Waals surface area contributed by atoms with Crippen molar-refractivity contribution in [1.29, 1.82) is 0 Å². The van der Waals surface area contributed by atoms with Crippen LogP contribution in [0.1, 0.15) is 6.23 Å². The summed E-state index contributed by atoms with van der Waals surface area (Å²) in [6.45, 7) is -0.371. The molecule has 3 heterocycles. The minimum Gasteiger partial charge on any atom is -0.394 e. The monoisotopic (exact) mass is 285 g/mol. The molecule has 102 valence electrons. The van der Waals surface area contributed by atoms with E-state index in [2.05, 4.69) is 9.97 Å². The summed E-state index contributed by atoms with van der Waals surface area (Å²) in [5, 5.41) is 29.7. The van der Waals surface area contributed by atoms with Gasteiger partial charge in [0.05, 0.1) is 12.0 Å². The zero-order valence-electron chi connectivity index (χ0n) is 9.72. The van der Waals surface area contributed by atoms with Crippen LogP contribution in [0.5, 0.6) is 0 Å². The highest BCUT2D eigenvalue weighted by atomic mass is 35.5. The van der Waals surface area contributed by atoms with Crippen LogP contribution in [0, 0.1) is 0 Å². The van der Waals surface area contributed by atoms with Crippen molar-refractivity contribution < 1.29 is 20.1 Å². The van der Waals surface area contributed by atoms with Crippen molar-refractivity contribution in [2.45, 2.75) is 24.5 Å². The fourth-order valence-corrected chi connectivity index (χ4v) is 2.45. The largest absolute Gasteiger partial charge is 0.394 e. The molecule has 7 nitrogen and oxygen atoms in total. The van der Waals surface area contributed by atoms with Gasteiger partial charge < -0.3 is 24.6 Å². The summed E-state index contributed by atoms with van der Waals surface area (Å²) in [7, 11) is 0. The van der Waals surface area contributed by atoms with Crippen LogP contribution in [0.3, 0.4) is 0 Å². The van der Waals surface area contributed by atoms with E-state index in [-0.39, 0.29) is 6.61 Å². The highest BCUT2D eigenvalue weighted by molar-refractivity contribution is 6.33. The second-order valence-electron chi connectivity index (χ2n) is 4.35. The molecule has 1 fully saturated rings. The third-order valence-electron chi connectivity index (χ3n) is 3.25. The Kier molecular flexibility index (Phi) is 3.15. The summed E-state index contributed by atoms with van der Waals surface area (Å²) < 4.78 is 7.00. The molecular formula is C11H12ClN3O4. The van der Waals surface area contributed by atoms with E-state index >= 15 is 0 Å². The summed E-state index contributed by atoms with van der Waals surface area (Å²) in [6, 6.07) is 1.70. The second kappa shape index (κ2) is 4.69. The van der Waals surface area contributed by atoms with E-state index in [9.17, 15) is 10.2 Å². The molecule has 0 saturated carbocycles. The molecule has 3 rings (SSSR count). The molecule has 1 saturated heterocycles. The Morgan fingerprint density at radius 3 is 2.79 bits per heavy atom. The zero-order valence-corrected chi connectivity index (χ0v) is 10.5. The molecule has 1 aliphatic rings. The number of hydrogen-bond acceptors (Lipinski definition) is 6. The first-order chi connectivity index (χ1) is 9.13. The Morgan fingerprint density at radius 1 is 1.32 bits per heavy atom. The third-order valence-corrected chi connectivity index (χ3v) is 3.55. The summed E-state index contributed by atoms with van der Waals surface area (Å²) in [5.41, 5.74) is 0.495. The van der Waals surface area contributed by atoms with Gasteiger partial charge in [-0.3, -0.25) is 0 Å². The number of aliphatic hydroxyl groups is 3. The lowest BCUT2D eigenvalue weighted by Crippen LogP contribution is -2.33. The molecule has 3 N–H and O–H groups in total. The Balaban J connectivity index is 2.04. The van der Waals surface area contributed by atoms with Crippen LogP contribution in [0.25, 0.3) is 11.0 Å². The fourth-order valence-electron chi connectivity index (χ4n) is 2.26. The molecule has 0 aliphatic carbocycles. The van der Waals surface area contributed by atoms with Crippen molar-refractivity contribution in [3.63, 3.8) is 0 Å². The molecule has 0 amide bonds. The first-order valence-corrected chi connectivity index (χ1v) is 6.10. The van der Waals surface area contributed by atoms with Crippen LogP contribution in [0.15, 0.2) is 18.6 Å². The van der Waals surface area contributed by atoms with E-state index in [1.165, 1.54) is 6.33 Å². The number of rotatable bonds is 2. The van der Waals surface area contributed by atoms with Gasteiger partial charge in [-0.15, -0.1) is 0 Å². The number of nitrogens with zero attached hydrogens (tertiary/aromatic N) is 3. The van der Waals surface area contributed by atoms with Gasteiger partial charge in [0.25, 0.3) is 0 Å². The Bertz CT molecular complexity index is 605. The van der Waals surface area contributed by atoms with E-state index < -0.39 is 24.5 Å². The molecule has 0 radical (unpaired) electrons. The standard InChI is InChI=1S/C11H12ClN3O4/c12-9-5-1-2-15(10(5)14-4-13-9)11-8(18)7(17)6(3-16)19-11/h1-2,4,6-8,11,16-18H,3H2/t6?,7-,8-,11?/m1/s1. The number of halogens is 1. The molecule has 0 aromatic carbocycles. The third kappa shape index (κ3) is 1.90. The maximum atomic E-state index is 9.98. The van der Waals surface area contributed by atoms with E-state index in [4.69, 9.17) is 21.4 Å². The minimum atomic E-state index is -1.15. The lowest BCUT2D eigenvalue weighted by molar-refractivity contribution is -0.0508. The topological polar surface area (TPSA) is 101 Å². The molecular weight excluding hydrogens is 274 g/mol. The smallest absolute Gasteiger partial charge is 0.164 e. The van der Waals surface area contributed by atoms with Crippen LogP contribution in [0.4, 0.5) is 0 Å². The van der Waals surface area contributed by atoms with Crippen molar-refractivity contribution in [3.8, 4) is 0 Å². The predicted molar refractivity (Wildman–Crippen MR) is 65.5 cm³/mol. The predicted octanol–water partition coefficient (Wildman–Crippen LogP) is -0.304. The van der Waals surface area contributed by atoms with Gasteiger partial charge in [-0.25, -0.2) is 9.97 Å². The van der Waals surface area contributed by atoms with Crippen molar-refractivity contribution in [1.82, 2.24) is 14.5 Å². The number of hydrogen-bond donors (Lipinski definition) is 3. The Hall–Kier alpha value is -1.25. The van der Waals surface area contributed by atoms with Gasteiger partial charge in [0.2, 0.25) is 0 Å². The average molecular weight is 286 g/mol.